The third-order valence-electron chi connectivity index (χ3n) is 4.83. The molecule has 26 heavy (non-hydrogen) atoms. The number of likely N-dealkylation sites (tertiary alicyclic amines) is 1. The average Bonchev–Trinajstić information content (AvgIpc) is 3.28. The molecule has 1 fully saturated rings. The zero-order valence-electron chi connectivity index (χ0n) is 14.5. The van der Waals surface area contributed by atoms with Crippen LogP contribution in [0.5, 0.6) is 5.75 Å². The van der Waals surface area contributed by atoms with E-state index in [-0.39, 0.29) is 24.2 Å². The molecule has 4 rings (SSSR count). The quantitative estimate of drug-likeness (QED) is 0.719. The zero-order valence-corrected chi connectivity index (χ0v) is 14.5. The first-order chi connectivity index (χ1) is 12.7. The summed E-state index contributed by atoms with van der Waals surface area (Å²) in [6, 6.07) is 13.1. The van der Waals surface area contributed by atoms with Crippen molar-refractivity contribution in [3.8, 4) is 5.75 Å². The van der Waals surface area contributed by atoms with Crippen LogP contribution in [0.4, 0.5) is 0 Å². The molecule has 1 aliphatic heterocycles. The number of aromatic nitrogens is 3. The molecule has 0 spiro atoms. The van der Waals surface area contributed by atoms with Gasteiger partial charge in [-0.1, -0.05) is 18.2 Å². The summed E-state index contributed by atoms with van der Waals surface area (Å²) in [7, 11) is 1.63. The highest BCUT2D eigenvalue weighted by atomic mass is 16.5. The second-order valence-corrected chi connectivity index (χ2v) is 6.39. The van der Waals surface area contributed by atoms with Gasteiger partial charge in [0.05, 0.1) is 13.2 Å². The molecule has 0 aliphatic carbocycles. The third-order valence-corrected chi connectivity index (χ3v) is 4.83. The summed E-state index contributed by atoms with van der Waals surface area (Å²) < 4.78 is 7.97. The standard InChI is InChI=1S/C19H20N4O3/c1-26-15-7-4-6-14(12-15)16-8-5-11-21(16)18(24)13-23-19(25)22-10-3-2-9-17(22)20-23/h2-4,6-7,9-10,12,16H,5,8,11,13H2,1H3. The van der Waals surface area contributed by atoms with Crippen LogP contribution in [0.1, 0.15) is 24.4 Å². The number of hydrogen-bond donors (Lipinski definition) is 0. The summed E-state index contributed by atoms with van der Waals surface area (Å²) in [5.74, 6) is 0.680. The first-order valence-electron chi connectivity index (χ1n) is 8.65. The molecule has 1 aromatic carbocycles. The van der Waals surface area contributed by atoms with Gasteiger partial charge in [-0.25, -0.2) is 9.48 Å². The average molecular weight is 352 g/mol. The van der Waals surface area contributed by atoms with Crippen molar-refractivity contribution in [1.29, 1.82) is 0 Å². The summed E-state index contributed by atoms with van der Waals surface area (Å²) in [5.41, 5.74) is 1.29. The van der Waals surface area contributed by atoms with Crippen molar-refractivity contribution in [2.45, 2.75) is 25.4 Å². The maximum atomic E-state index is 12.9. The lowest BCUT2D eigenvalue weighted by atomic mass is 10.0. The van der Waals surface area contributed by atoms with E-state index in [1.165, 1.54) is 9.08 Å². The number of carbonyl (C=O) groups is 1. The largest absolute Gasteiger partial charge is 0.497 e. The van der Waals surface area contributed by atoms with Gasteiger partial charge in [0.2, 0.25) is 5.91 Å². The smallest absolute Gasteiger partial charge is 0.350 e. The number of ether oxygens (including phenoxy) is 1. The molecule has 134 valence electrons. The Morgan fingerprint density at radius 3 is 2.96 bits per heavy atom. The molecular weight excluding hydrogens is 332 g/mol. The summed E-state index contributed by atoms with van der Waals surface area (Å²) in [5, 5.41) is 4.25. The minimum Gasteiger partial charge on any atom is -0.497 e. The molecule has 3 aromatic rings. The van der Waals surface area contributed by atoms with Crippen molar-refractivity contribution >= 4 is 11.6 Å². The van der Waals surface area contributed by atoms with Crippen LogP contribution in [0, 0.1) is 0 Å². The number of benzene rings is 1. The molecule has 1 amide bonds. The van der Waals surface area contributed by atoms with Crippen molar-refractivity contribution in [3.05, 3.63) is 64.7 Å². The van der Waals surface area contributed by atoms with Gasteiger partial charge in [-0.15, -0.1) is 5.10 Å². The van der Waals surface area contributed by atoms with E-state index in [2.05, 4.69) is 5.10 Å². The van der Waals surface area contributed by atoms with E-state index in [1.54, 1.807) is 25.4 Å². The zero-order chi connectivity index (χ0) is 18.1. The lowest BCUT2D eigenvalue weighted by Crippen LogP contribution is -2.36. The predicted octanol–water partition coefficient (Wildman–Crippen LogP) is 1.87. The highest BCUT2D eigenvalue weighted by Crippen LogP contribution is 2.33. The number of amides is 1. The highest BCUT2D eigenvalue weighted by molar-refractivity contribution is 5.76. The minimum atomic E-state index is -0.300. The van der Waals surface area contributed by atoms with Gasteiger partial charge in [0.25, 0.3) is 0 Å². The first-order valence-corrected chi connectivity index (χ1v) is 8.65. The van der Waals surface area contributed by atoms with Crippen LogP contribution in [0.15, 0.2) is 53.5 Å². The van der Waals surface area contributed by atoms with Crippen LogP contribution in [0.25, 0.3) is 5.65 Å². The van der Waals surface area contributed by atoms with E-state index in [9.17, 15) is 9.59 Å². The van der Waals surface area contributed by atoms with Crippen molar-refractivity contribution in [2.24, 2.45) is 0 Å². The molecule has 1 atom stereocenters. The minimum absolute atomic E-state index is 0.00494. The topological polar surface area (TPSA) is 68.8 Å². The highest BCUT2D eigenvalue weighted by Gasteiger charge is 2.30. The van der Waals surface area contributed by atoms with Gasteiger partial charge in [0.1, 0.15) is 12.3 Å². The fraction of sp³-hybridized carbons (Fsp3) is 0.316. The van der Waals surface area contributed by atoms with E-state index in [0.717, 1.165) is 24.2 Å². The normalized spacial score (nSPS) is 17.0. The van der Waals surface area contributed by atoms with Gasteiger partial charge in [0.15, 0.2) is 5.65 Å². The second kappa shape index (κ2) is 6.67. The summed E-state index contributed by atoms with van der Waals surface area (Å²) in [4.78, 5) is 27.1. The number of methoxy groups -OCH3 is 1. The van der Waals surface area contributed by atoms with Crippen LogP contribution in [0.3, 0.4) is 0 Å². The first kappa shape index (κ1) is 16.4. The molecule has 0 N–H and O–H groups in total. The van der Waals surface area contributed by atoms with Crippen LogP contribution in [-0.2, 0) is 11.3 Å². The molecule has 0 radical (unpaired) electrons. The number of hydrogen-bond acceptors (Lipinski definition) is 4. The van der Waals surface area contributed by atoms with Gasteiger partial charge in [-0.05, 0) is 42.7 Å². The summed E-state index contributed by atoms with van der Waals surface area (Å²) >= 11 is 0. The van der Waals surface area contributed by atoms with Crippen molar-refractivity contribution < 1.29 is 9.53 Å². The maximum absolute atomic E-state index is 12.9. The van der Waals surface area contributed by atoms with E-state index < -0.39 is 0 Å². The molecule has 7 nitrogen and oxygen atoms in total. The van der Waals surface area contributed by atoms with Gasteiger partial charge in [0, 0.05) is 12.7 Å². The third kappa shape index (κ3) is 2.85. The molecule has 2 aromatic heterocycles. The Morgan fingerprint density at radius 1 is 1.27 bits per heavy atom. The molecule has 3 heterocycles. The molecule has 0 bridgehead atoms. The van der Waals surface area contributed by atoms with E-state index >= 15 is 0 Å². The SMILES string of the molecule is COc1cccc(C2CCCN2C(=O)Cn2nc3ccccn3c2=O)c1. The number of carbonyl (C=O) groups excluding carboxylic acids is 1. The van der Waals surface area contributed by atoms with Crippen molar-refractivity contribution in [3.63, 3.8) is 0 Å². The molecule has 1 saturated heterocycles. The number of pyridine rings is 1. The van der Waals surface area contributed by atoms with Crippen molar-refractivity contribution in [1.82, 2.24) is 19.1 Å². The van der Waals surface area contributed by atoms with Crippen molar-refractivity contribution in [2.75, 3.05) is 13.7 Å². The van der Waals surface area contributed by atoms with Crippen LogP contribution in [-0.4, -0.2) is 38.6 Å². The van der Waals surface area contributed by atoms with E-state index in [4.69, 9.17) is 4.74 Å². The lowest BCUT2D eigenvalue weighted by molar-refractivity contribution is -0.133. The van der Waals surface area contributed by atoms with Gasteiger partial charge < -0.3 is 9.64 Å². The molecular formula is C19H20N4O3. The Morgan fingerprint density at radius 2 is 2.15 bits per heavy atom. The molecule has 7 heteroatoms. The Hall–Kier alpha value is -3.09. The van der Waals surface area contributed by atoms with Gasteiger partial charge in [-0.2, -0.15) is 0 Å². The number of rotatable bonds is 4. The number of fused-ring (bicyclic) bond motifs is 1. The maximum Gasteiger partial charge on any atom is 0.350 e. The van der Waals surface area contributed by atoms with Crippen LogP contribution >= 0.6 is 0 Å². The predicted molar refractivity (Wildman–Crippen MR) is 96.1 cm³/mol. The van der Waals surface area contributed by atoms with Gasteiger partial charge in [-0.3, -0.25) is 9.20 Å². The Balaban J connectivity index is 1.58. The Bertz CT molecular complexity index is 1010. The van der Waals surface area contributed by atoms with Crippen LogP contribution < -0.4 is 10.4 Å². The monoisotopic (exact) mass is 352 g/mol. The van der Waals surface area contributed by atoms with E-state index in [0.29, 0.717) is 12.2 Å². The Labute approximate surface area is 150 Å². The summed E-state index contributed by atoms with van der Waals surface area (Å²) in [6.07, 6.45) is 3.49. The lowest BCUT2D eigenvalue weighted by Gasteiger charge is -2.25. The molecule has 1 unspecified atom stereocenters. The fourth-order valence-corrected chi connectivity index (χ4v) is 3.55. The second-order valence-electron chi connectivity index (χ2n) is 6.39. The Kier molecular flexibility index (Phi) is 4.20. The van der Waals surface area contributed by atoms with E-state index in [1.807, 2.05) is 35.2 Å². The molecule has 1 aliphatic rings. The fourth-order valence-electron chi connectivity index (χ4n) is 3.55. The van der Waals surface area contributed by atoms with Crippen LogP contribution in [0.2, 0.25) is 0 Å². The van der Waals surface area contributed by atoms with Gasteiger partial charge >= 0.3 is 5.69 Å². The summed E-state index contributed by atoms with van der Waals surface area (Å²) in [6.45, 7) is 0.629. The number of nitrogens with zero attached hydrogens (tertiary/aromatic N) is 4. The molecule has 0 saturated carbocycles.